The van der Waals surface area contributed by atoms with E-state index in [1.54, 1.807) is 12.1 Å². The number of benzene rings is 1. The monoisotopic (exact) mass is 261 g/mol. The SMILES string of the molecule is CC(C)c1ccccc1OCC(CN)C(F)(F)F. The zero-order chi connectivity index (χ0) is 13.8. The zero-order valence-corrected chi connectivity index (χ0v) is 10.5. The van der Waals surface area contributed by atoms with Gasteiger partial charge in [0.05, 0.1) is 0 Å². The summed E-state index contributed by atoms with van der Waals surface area (Å²) in [7, 11) is 0. The van der Waals surface area contributed by atoms with Gasteiger partial charge < -0.3 is 10.5 Å². The van der Waals surface area contributed by atoms with Crippen LogP contribution in [-0.4, -0.2) is 19.3 Å². The summed E-state index contributed by atoms with van der Waals surface area (Å²) in [6.07, 6.45) is -4.32. The molecule has 0 spiro atoms. The number of halogens is 3. The number of ether oxygens (including phenoxy) is 1. The molecule has 5 heteroatoms. The molecule has 1 aromatic rings. The van der Waals surface area contributed by atoms with Gasteiger partial charge in [-0.2, -0.15) is 13.2 Å². The number of hydrogen-bond donors (Lipinski definition) is 1. The first-order valence-electron chi connectivity index (χ1n) is 5.84. The van der Waals surface area contributed by atoms with Gasteiger partial charge in [-0.1, -0.05) is 32.0 Å². The van der Waals surface area contributed by atoms with E-state index in [2.05, 4.69) is 0 Å². The van der Waals surface area contributed by atoms with Gasteiger partial charge in [-0.25, -0.2) is 0 Å². The van der Waals surface area contributed by atoms with Crippen molar-refractivity contribution in [3.05, 3.63) is 29.8 Å². The Morgan fingerprint density at radius 1 is 1.22 bits per heavy atom. The molecule has 0 radical (unpaired) electrons. The van der Waals surface area contributed by atoms with E-state index in [1.807, 2.05) is 26.0 Å². The van der Waals surface area contributed by atoms with E-state index in [9.17, 15) is 13.2 Å². The molecule has 0 fully saturated rings. The Balaban J connectivity index is 2.74. The second kappa shape index (κ2) is 6.09. The van der Waals surface area contributed by atoms with E-state index in [0.29, 0.717) is 5.75 Å². The molecule has 0 aliphatic heterocycles. The lowest BCUT2D eigenvalue weighted by Crippen LogP contribution is -2.35. The zero-order valence-electron chi connectivity index (χ0n) is 10.5. The molecule has 1 atom stereocenters. The summed E-state index contributed by atoms with van der Waals surface area (Å²) in [5.74, 6) is -0.934. The maximum Gasteiger partial charge on any atom is 0.396 e. The third-order valence-electron chi connectivity index (χ3n) is 2.73. The minimum atomic E-state index is -4.32. The molecule has 0 amide bonds. The second-order valence-electron chi connectivity index (χ2n) is 4.48. The van der Waals surface area contributed by atoms with Crippen molar-refractivity contribution in [3.63, 3.8) is 0 Å². The van der Waals surface area contributed by atoms with Crippen molar-refractivity contribution in [1.29, 1.82) is 0 Å². The van der Waals surface area contributed by atoms with Crippen LogP contribution in [0.5, 0.6) is 5.75 Å². The van der Waals surface area contributed by atoms with Crippen molar-refractivity contribution in [3.8, 4) is 5.75 Å². The van der Waals surface area contributed by atoms with Crippen LogP contribution in [0.1, 0.15) is 25.3 Å². The first-order valence-corrected chi connectivity index (χ1v) is 5.84. The van der Waals surface area contributed by atoms with Crippen molar-refractivity contribution < 1.29 is 17.9 Å². The normalized spacial score (nSPS) is 13.7. The van der Waals surface area contributed by atoms with Crippen molar-refractivity contribution in [2.24, 2.45) is 11.7 Å². The quantitative estimate of drug-likeness (QED) is 0.882. The first-order chi connectivity index (χ1) is 8.36. The second-order valence-corrected chi connectivity index (χ2v) is 4.48. The minimum Gasteiger partial charge on any atom is -0.493 e. The smallest absolute Gasteiger partial charge is 0.396 e. The van der Waals surface area contributed by atoms with Crippen LogP contribution in [0, 0.1) is 5.92 Å². The summed E-state index contributed by atoms with van der Waals surface area (Å²) in [4.78, 5) is 0. The number of alkyl halides is 3. The van der Waals surface area contributed by atoms with E-state index in [4.69, 9.17) is 10.5 Å². The molecule has 18 heavy (non-hydrogen) atoms. The summed E-state index contributed by atoms with van der Waals surface area (Å²) < 4.78 is 42.8. The molecule has 0 aliphatic rings. The highest BCUT2D eigenvalue weighted by Gasteiger charge is 2.39. The number of rotatable bonds is 5. The number of nitrogens with two attached hydrogens (primary N) is 1. The maximum absolute atomic E-state index is 12.5. The largest absolute Gasteiger partial charge is 0.493 e. The Kier molecular flexibility index (Phi) is 5.02. The molecule has 102 valence electrons. The van der Waals surface area contributed by atoms with Gasteiger partial charge in [0.25, 0.3) is 0 Å². The van der Waals surface area contributed by atoms with E-state index in [1.165, 1.54) is 0 Å². The van der Waals surface area contributed by atoms with E-state index in [0.717, 1.165) is 5.56 Å². The van der Waals surface area contributed by atoms with Crippen molar-refractivity contribution in [2.75, 3.05) is 13.2 Å². The number of hydrogen-bond acceptors (Lipinski definition) is 2. The van der Waals surface area contributed by atoms with Gasteiger partial charge in [0.1, 0.15) is 18.3 Å². The average Bonchev–Trinajstić information content (AvgIpc) is 2.28. The lowest BCUT2D eigenvalue weighted by Gasteiger charge is -2.20. The standard InChI is InChI=1S/C13H18F3NO/c1-9(2)11-5-3-4-6-12(11)18-8-10(7-17)13(14,15)16/h3-6,9-10H,7-8,17H2,1-2H3. The minimum absolute atomic E-state index is 0.198. The fourth-order valence-corrected chi connectivity index (χ4v) is 1.58. The van der Waals surface area contributed by atoms with Crippen LogP contribution in [0.15, 0.2) is 24.3 Å². The Bertz CT molecular complexity index is 377. The Morgan fingerprint density at radius 3 is 2.33 bits per heavy atom. The Hall–Kier alpha value is -1.23. The predicted molar refractivity (Wildman–Crippen MR) is 64.6 cm³/mol. The highest BCUT2D eigenvalue weighted by atomic mass is 19.4. The Labute approximate surface area is 105 Å². The van der Waals surface area contributed by atoms with Crippen molar-refractivity contribution >= 4 is 0 Å². The van der Waals surface area contributed by atoms with E-state index >= 15 is 0 Å². The van der Waals surface area contributed by atoms with Crippen LogP contribution in [0.3, 0.4) is 0 Å². The summed E-state index contributed by atoms with van der Waals surface area (Å²) in [6.45, 7) is 3.02. The van der Waals surface area contributed by atoms with Gasteiger partial charge in [0.15, 0.2) is 0 Å². The molecular weight excluding hydrogens is 243 g/mol. The molecule has 1 aromatic carbocycles. The van der Waals surface area contributed by atoms with E-state index < -0.39 is 25.2 Å². The van der Waals surface area contributed by atoms with Gasteiger partial charge in [0.2, 0.25) is 0 Å². The van der Waals surface area contributed by atoms with Crippen LogP contribution < -0.4 is 10.5 Å². The third-order valence-corrected chi connectivity index (χ3v) is 2.73. The molecule has 0 saturated heterocycles. The third kappa shape index (κ3) is 3.91. The number of para-hydroxylation sites is 1. The molecule has 0 aromatic heterocycles. The Morgan fingerprint density at radius 2 is 1.83 bits per heavy atom. The first kappa shape index (κ1) is 14.8. The summed E-state index contributed by atoms with van der Waals surface area (Å²) in [5.41, 5.74) is 6.02. The molecule has 0 aliphatic carbocycles. The lowest BCUT2D eigenvalue weighted by atomic mass is 10.0. The van der Waals surface area contributed by atoms with Gasteiger partial charge in [0, 0.05) is 6.54 Å². The van der Waals surface area contributed by atoms with Gasteiger partial charge in [-0.15, -0.1) is 0 Å². The summed E-state index contributed by atoms with van der Waals surface area (Å²) >= 11 is 0. The van der Waals surface area contributed by atoms with Gasteiger partial charge in [-0.05, 0) is 17.5 Å². The lowest BCUT2D eigenvalue weighted by molar-refractivity contribution is -0.178. The summed E-state index contributed by atoms with van der Waals surface area (Å²) in [6, 6.07) is 7.11. The van der Waals surface area contributed by atoms with Crippen LogP contribution in [0.2, 0.25) is 0 Å². The molecule has 0 bridgehead atoms. The topological polar surface area (TPSA) is 35.2 Å². The molecule has 2 nitrogen and oxygen atoms in total. The van der Waals surface area contributed by atoms with Crippen LogP contribution in [-0.2, 0) is 0 Å². The molecule has 1 unspecified atom stereocenters. The maximum atomic E-state index is 12.5. The van der Waals surface area contributed by atoms with E-state index in [-0.39, 0.29) is 5.92 Å². The van der Waals surface area contributed by atoms with Crippen molar-refractivity contribution in [1.82, 2.24) is 0 Å². The van der Waals surface area contributed by atoms with Crippen molar-refractivity contribution in [2.45, 2.75) is 25.9 Å². The summed E-state index contributed by atoms with van der Waals surface area (Å²) in [5, 5.41) is 0. The highest BCUT2D eigenvalue weighted by molar-refractivity contribution is 5.35. The van der Waals surface area contributed by atoms with Crippen LogP contribution >= 0.6 is 0 Å². The highest BCUT2D eigenvalue weighted by Crippen LogP contribution is 2.29. The van der Waals surface area contributed by atoms with Gasteiger partial charge in [-0.3, -0.25) is 0 Å². The fraction of sp³-hybridized carbons (Fsp3) is 0.538. The van der Waals surface area contributed by atoms with Crippen LogP contribution in [0.25, 0.3) is 0 Å². The molecule has 1 rings (SSSR count). The molecule has 0 heterocycles. The fourth-order valence-electron chi connectivity index (χ4n) is 1.58. The van der Waals surface area contributed by atoms with Gasteiger partial charge >= 0.3 is 6.18 Å². The average molecular weight is 261 g/mol. The molecular formula is C13H18F3NO. The predicted octanol–water partition coefficient (Wildman–Crippen LogP) is 3.33. The molecule has 0 saturated carbocycles. The molecule has 2 N–H and O–H groups in total. The van der Waals surface area contributed by atoms with Crippen LogP contribution in [0.4, 0.5) is 13.2 Å².